The summed E-state index contributed by atoms with van der Waals surface area (Å²) in [6.07, 6.45) is 0.248. The Bertz CT molecular complexity index is 427. The van der Waals surface area contributed by atoms with Crippen molar-refractivity contribution in [3.63, 3.8) is 0 Å². The fourth-order valence-corrected chi connectivity index (χ4v) is 1.78. The van der Waals surface area contributed by atoms with Crippen LogP contribution in [0.2, 0.25) is 10.0 Å². The third-order valence-electron chi connectivity index (χ3n) is 2.49. The van der Waals surface area contributed by atoms with Gasteiger partial charge in [0.15, 0.2) is 6.10 Å². The lowest BCUT2D eigenvalue weighted by Gasteiger charge is -2.16. The number of carbonyl (C=O) groups excluding carboxylic acids is 1. The maximum atomic E-state index is 11.8. The molecule has 1 rings (SSSR count). The Morgan fingerprint density at radius 1 is 1.37 bits per heavy atom. The summed E-state index contributed by atoms with van der Waals surface area (Å²) < 4.78 is 5.50. The molecule has 0 spiro atoms. The standard InChI is InChI=1S/C13H18Cl2N2O2/c1-9(13(18)17-8-4-7-16-2)19-11-6-3-5-10(14)12(11)15/h3,5-6,9,16H,4,7-8H2,1-2H3,(H,17,18). The molecule has 106 valence electrons. The van der Waals surface area contributed by atoms with Crippen molar-refractivity contribution in [1.82, 2.24) is 10.6 Å². The molecule has 1 aromatic carbocycles. The van der Waals surface area contributed by atoms with Crippen molar-refractivity contribution in [2.45, 2.75) is 19.4 Å². The molecule has 4 nitrogen and oxygen atoms in total. The minimum absolute atomic E-state index is 0.174. The molecule has 0 aromatic heterocycles. The second kappa shape index (κ2) is 8.25. The smallest absolute Gasteiger partial charge is 0.260 e. The number of carbonyl (C=O) groups is 1. The summed E-state index contributed by atoms with van der Waals surface area (Å²) in [4.78, 5) is 11.8. The van der Waals surface area contributed by atoms with Gasteiger partial charge in [0.05, 0.1) is 5.02 Å². The molecule has 0 radical (unpaired) electrons. The third-order valence-corrected chi connectivity index (χ3v) is 3.29. The molecule has 0 fully saturated rings. The van der Waals surface area contributed by atoms with Gasteiger partial charge in [-0.05, 0) is 39.1 Å². The van der Waals surface area contributed by atoms with Crippen molar-refractivity contribution < 1.29 is 9.53 Å². The van der Waals surface area contributed by atoms with Gasteiger partial charge >= 0.3 is 0 Å². The molecule has 0 bridgehead atoms. The van der Waals surface area contributed by atoms with Gasteiger partial charge in [-0.1, -0.05) is 29.3 Å². The molecule has 1 unspecified atom stereocenters. The molecule has 0 aliphatic rings. The van der Waals surface area contributed by atoms with Crippen molar-refractivity contribution in [3.05, 3.63) is 28.2 Å². The van der Waals surface area contributed by atoms with Gasteiger partial charge in [0.25, 0.3) is 5.91 Å². The summed E-state index contributed by atoms with van der Waals surface area (Å²) in [6, 6.07) is 5.07. The predicted molar refractivity (Wildman–Crippen MR) is 78.1 cm³/mol. The Labute approximate surface area is 123 Å². The predicted octanol–water partition coefficient (Wildman–Crippen LogP) is 2.49. The molecule has 0 saturated carbocycles. The Morgan fingerprint density at radius 3 is 2.79 bits per heavy atom. The average molecular weight is 305 g/mol. The number of ether oxygens (including phenoxy) is 1. The van der Waals surface area contributed by atoms with Crippen molar-refractivity contribution in [3.8, 4) is 5.75 Å². The van der Waals surface area contributed by atoms with Gasteiger partial charge in [0.1, 0.15) is 10.8 Å². The number of halogens is 2. The number of rotatable bonds is 7. The van der Waals surface area contributed by atoms with Gasteiger partial charge in [-0.2, -0.15) is 0 Å². The highest BCUT2D eigenvalue weighted by atomic mass is 35.5. The lowest BCUT2D eigenvalue weighted by Crippen LogP contribution is -2.37. The van der Waals surface area contributed by atoms with Crippen LogP contribution >= 0.6 is 23.2 Å². The Kier molecular flexibility index (Phi) is 6.99. The lowest BCUT2D eigenvalue weighted by molar-refractivity contribution is -0.127. The van der Waals surface area contributed by atoms with Crippen molar-refractivity contribution in [1.29, 1.82) is 0 Å². The first-order valence-corrected chi connectivity index (χ1v) is 6.84. The molecule has 1 amide bonds. The van der Waals surface area contributed by atoms with E-state index in [9.17, 15) is 4.79 Å². The van der Waals surface area contributed by atoms with Gasteiger partial charge < -0.3 is 15.4 Å². The monoisotopic (exact) mass is 304 g/mol. The van der Waals surface area contributed by atoms with Gasteiger partial charge in [-0.25, -0.2) is 0 Å². The second-order valence-electron chi connectivity index (χ2n) is 4.06. The largest absolute Gasteiger partial charge is 0.479 e. The quantitative estimate of drug-likeness (QED) is 0.761. The molecule has 0 aliphatic heterocycles. The number of hydrogen-bond acceptors (Lipinski definition) is 3. The van der Waals surface area contributed by atoms with E-state index in [1.165, 1.54) is 0 Å². The zero-order chi connectivity index (χ0) is 14.3. The first kappa shape index (κ1) is 16.1. The van der Waals surface area contributed by atoms with Crippen LogP contribution in [0.3, 0.4) is 0 Å². The van der Waals surface area contributed by atoms with Crippen molar-refractivity contribution in [2.75, 3.05) is 20.1 Å². The number of hydrogen-bond donors (Lipinski definition) is 2. The fourth-order valence-electron chi connectivity index (χ4n) is 1.44. The molecule has 19 heavy (non-hydrogen) atoms. The molecule has 2 N–H and O–H groups in total. The first-order valence-electron chi connectivity index (χ1n) is 6.09. The van der Waals surface area contributed by atoms with E-state index in [2.05, 4.69) is 10.6 Å². The zero-order valence-electron chi connectivity index (χ0n) is 11.0. The summed E-state index contributed by atoms with van der Waals surface area (Å²) in [5.74, 6) is 0.235. The van der Waals surface area contributed by atoms with Crippen LogP contribution < -0.4 is 15.4 Å². The first-order chi connectivity index (χ1) is 9.06. The lowest BCUT2D eigenvalue weighted by atomic mass is 10.3. The van der Waals surface area contributed by atoms with Crippen LogP contribution in [0.4, 0.5) is 0 Å². The molecular weight excluding hydrogens is 287 g/mol. The van der Waals surface area contributed by atoms with E-state index in [1.54, 1.807) is 25.1 Å². The van der Waals surface area contributed by atoms with E-state index < -0.39 is 6.10 Å². The highest BCUT2D eigenvalue weighted by Crippen LogP contribution is 2.31. The molecule has 1 aromatic rings. The van der Waals surface area contributed by atoms with E-state index in [0.29, 0.717) is 22.3 Å². The maximum Gasteiger partial charge on any atom is 0.260 e. The minimum atomic E-state index is -0.620. The molecule has 1 atom stereocenters. The third kappa shape index (κ3) is 5.27. The van der Waals surface area contributed by atoms with E-state index in [0.717, 1.165) is 13.0 Å². The van der Waals surface area contributed by atoms with E-state index in [4.69, 9.17) is 27.9 Å². The Balaban J connectivity index is 2.47. The molecule has 0 heterocycles. The van der Waals surface area contributed by atoms with Crippen molar-refractivity contribution in [2.24, 2.45) is 0 Å². The Morgan fingerprint density at radius 2 is 2.11 bits per heavy atom. The number of nitrogens with one attached hydrogen (secondary N) is 2. The SMILES string of the molecule is CNCCCNC(=O)C(C)Oc1cccc(Cl)c1Cl. The summed E-state index contributed by atoms with van der Waals surface area (Å²) in [6.45, 7) is 3.14. The Hall–Kier alpha value is -0.970. The maximum absolute atomic E-state index is 11.8. The summed E-state index contributed by atoms with van der Waals surface area (Å²) in [7, 11) is 1.87. The summed E-state index contributed by atoms with van der Waals surface area (Å²) >= 11 is 11.9. The number of amides is 1. The highest BCUT2D eigenvalue weighted by molar-refractivity contribution is 6.42. The zero-order valence-corrected chi connectivity index (χ0v) is 12.5. The highest BCUT2D eigenvalue weighted by Gasteiger charge is 2.16. The van der Waals surface area contributed by atoms with Crippen LogP contribution in [0.5, 0.6) is 5.75 Å². The van der Waals surface area contributed by atoms with E-state index in [-0.39, 0.29) is 5.91 Å². The fraction of sp³-hybridized carbons (Fsp3) is 0.462. The van der Waals surface area contributed by atoms with Crippen LogP contribution in [0, 0.1) is 0 Å². The van der Waals surface area contributed by atoms with Crippen LogP contribution in [-0.2, 0) is 4.79 Å². The minimum Gasteiger partial charge on any atom is -0.479 e. The average Bonchev–Trinajstić information content (AvgIpc) is 2.39. The summed E-state index contributed by atoms with van der Waals surface area (Å²) in [5.41, 5.74) is 0. The topological polar surface area (TPSA) is 50.4 Å². The molecule has 0 aliphatic carbocycles. The van der Waals surface area contributed by atoms with Gasteiger partial charge in [-0.15, -0.1) is 0 Å². The van der Waals surface area contributed by atoms with Crippen LogP contribution in [0.1, 0.15) is 13.3 Å². The van der Waals surface area contributed by atoms with Crippen LogP contribution in [0.15, 0.2) is 18.2 Å². The van der Waals surface area contributed by atoms with Gasteiger partial charge in [-0.3, -0.25) is 4.79 Å². The van der Waals surface area contributed by atoms with E-state index in [1.807, 2.05) is 7.05 Å². The van der Waals surface area contributed by atoms with Crippen molar-refractivity contribution >= 4 is 29.1 Å². The van der Waals surface area contributed by atoms with Gasteiger partial charge in [0, 0.05) is 6.54 Å². The number of benzene rings is 1. The molecular formula is C13H18Cl2N2O2. The van der Waals surface area contributed by atoms with E-state index >= 15 is 0 Å². The normalized spacial score (nSPS) is 12.0. The summed E-state index contributed by atoms with van der Waals surface area (Å²) in [5, 5.41) is 6.52. The van der Waals surface area contributed by atoms with Crippen LogP contribution in [0.25, 0.3) is 0 Å². The second-order valence-corrected chi connectivity index (χ2v) is 4.85. The van der Waals surface area contributed by atoms with Crippen LogP contribution in [-0.4, -0.2) is 32.1 Å². The molecule has 0 saturated heterocycles. The molecule has 6 heteroatoms. The van der Waals surface area contributed by atoms with Gasteiger partial charge in [0.2, 0.25) is 0 Å².